The lowest BCUT2D eigenvalue weighted by atomic mass is 9.65. The van der Waals surface area contributed by atoms with Crippen LogP contribution in [0.5, 0.6) is 5.75 Å². The number of allylic oxidation sites excluding steroid dienone is 3. The van der Waals surface area contributed by atoms with Crippen molar-refractivity contribution in [1.82, 2.24) is 5.32 Å². The molecular weight excluding hydrogens is 430 g/mol. The van der Waals surface area contributed by atoms with E-state index in [2.05, 4.69) is 31.0 Å². The lowest BCUT2D eigenvalue weighted by Gasteiger charge is -2.38. The molecule has 11 atom stereocenters. The van der Waals surface area contributed by atoms with Crippen molar-refractivity contribution in [1.29, 1.82) is 0 Å². The van der Waals surface area contributed by atoms with Gasteiger partial charge in [0, 0.05) is 24.2 Å². The Balaban J connectivity index is 1.40. The molecule has 0 spiro atoms. The first-order valence-electron chi connectivity index (χ1n) is 12.7. The molecule has 1 amide bonds. The van der Waals surface area contributed by atoms with Crippen LogP contribution in [0, 0.1) is 41.4 Å². The first kappa shape index (κ1) is 20.9. The van der Waals surface area contributed by atoms with Gasteiger partial charge >= 0.3 is 0 Å². The molecule has 0 radical (unpaired) electrons. The van der Waals surface area contributed by atoms with Crippen LogP contribution >= 0.6 is 0 Å². The van der Waals surface area contributed by atoms with Gasteiger partial charge in [0.15, 0.2) is 17.6 Å². The molecule has 4 fully saturated rings. The molecule has 3 aliphatic carbocycles. The maximum Gasteiger partial charge on any atom is 0.265 e. The fourth-order valence-corrected chi connectivity index (χ4v) is 8.13. The smallest absolute Gasteiger partial charge is 0.265 e. The average Bonchev–Trinajstić information content (AvgIpc) is 3.48. The summed E-state index contributed by atoms with van der Waals surface area (Å²) in [5.41, 5.74) is -2.37. The number of aliphatic hydroxyl groups is 1. The molecule has 2 saturated heterocycles. The summed E-state index contributed by atoms with van der Waals surface area (Å²) in [5, 5.41) is 14.1. The van der Waals surface area contributed by atoms with Gasteiger partial charge in [-0.2, -0.15) is 0 Å². The summed E-state index contributed by atoms with van der Waals surface area (Å²) in [7, 11) is 0. The maximum atomic E-state index is 14.3. The lowest BCUT2D eigenvalue weighted by Crippen LogP contribution is -2.51. The Morgan fingerprint density at radius 3 is 2.68 bits per heavy atom. The number of epoxide rings is 1. The summed E-state index contributed by atoms with van der Waals surface area (Å²) in [4.78, 5) is 27.5. The predicted octanol–water partition coefficient (Wildman–Crippen LogP) is 2.80. The molecule has 2 N–H and O–H groups in total. The van der Waals surface area contributed by atoms with E-state index < -0.39 is 29.3 Å². The molecule has 8 rings (SSSR count). The van der Waals surface area contributed by atoms with E-state index >= 15 is 0 Å². The van der Waals surface area contributed by atoms with Crippen LogP contribution in [-0.4, -0.2) is 40.3 Å². The van der Waals surface area contributed by atoms with Crippen LogP contribution in [0.3, 0.4) is 0 Å². The van der Waals surface area contributed by atoms with Crippen LogP contribution in [0.1, 0.15) is 31.7 Å². The molecule has 1 aromatic carbocycles. The van der Waals surface area contributed by atoms with E-state index in [1.807, 2.05) is 30.3 Å². The third-order valence-electron chi connectivity index (χ3n) is 9.67. The predicted molar refractivity (Wildman–Crippen MR) is 124 cm³/mol. The zero-order valence-electron chi connectivity index (χ0n) is 19.4. The minimum atomic E-state index is -1.62. The highest BCUT2D eigenvalue weighted by atomic mass is 16.6. The zero-order chi connectivity index (χ0) is 23.4. The Morgan fingerprint density at radius 1 is 1.15 bits per heavy atom. The van der Waals surface area contributed by atoms with E-state index in [4.69, 9.17) is 9.47 Å². The highest BCUT2D eigenvalue weighted by Gasteiger charge is 2.81. The number of nitrogens with one attached hydrogen (secondary N) is 1. The molecule has 178 valence electrons. The Morgan fingerprint density at radius 2 is 1.94 bits per heavy atom. The van der Waals surface area contributed by atoms with Crippen LogP contribution in [-0.2, 0) is 20.7 Å². The minimum absolute atomic E-state index is 0.0676. The van der Waals surface area contributed by atoms with Gasteiger partial charge in [0.2, 0.25) is 5.60 Å². The number of fused-ring (bicyclic) bond motifs is 4. The van der Waals surface area contributed by atoms with E-state index in [0.717, 1.165) is 30.6 Å². The Bertz CT molecular complexity index is 1110. The summed E-state index contributed by atoms with van der Waals surface area (Å²) in [6, 6.07) is 7.75. The number of hydrogen-bond acceptors (Lipinski definition) is 5. The normalized spacial score (nSPS) is 50.0. The SMILES string of the molecule is C=C[C@H]1C=C[C@H]2[C@@H]3C[C@H](C)CC[C@H]3[C@@H]3Oc4ccc(cc4)C[C@]4(O)NC(=O)[C@@]5(O[C@@H]54)C(=O)[C@@H]1[C@H]23. The molecule has 6 nitrogen and oxygen atoms in total. The van der Waals surface area contributed by atoms with Crippen LogP contribution < -0.4 is 10.1 Å². The highest BCUT2D eigenvalue weighted by molar-refractivity contribution is 6.16. The first-order valence-corrected chi connectivity index (χ1v) is 12.7. The number of morpholine rings is 1. The van der Waals surface area contributed by atoms with Gasteiger partial charge in [-0.05, 0) is 54.2 Å². The quantitative estimate of drug-likeness (QED) is 0.382. The third kappa shape index (κ3) is 2.59. The molecule has 34 heavy (non-hydrogen) atoms. The number of carbonyl (C=O) groups excluding carboxylic acids is 2. The standard InChI is InChI=1S/C28H31NO5/c1-3-16-7-11-18-20-12-14(2)4-10-19(20)23-22(18)21(16)24(30)28-25(34-28)27(32,29-26(28)31)13-15-5-8-17(33-23)9-6-15/h3,5-9,11,14,16,18-23,25,32H,1,4,10,12-13H2,2H3,(H,29,31)/t14-,16+,18+,19-,20+,21+,22+,23+,25-,27-,28-/m1/s1. The number of Topliss-reactive ketones (excluding diaryl/α,β-unsaturated/α-hetero) is 1. The molecule has 2 saturated carbocycles. The summed E-state index contributed by atoms with van der Waals surface area (Å²) in [6.45, 7) is 6.35. The van der Waals surface area contributed by atoms with Gasteiger partial charge in [0.05, 0.1) is 0 Å². The molecule has 0 unspecified atom stereocenters. The molecule has 4 bridgehead atoms. The number of benzene rings is 1. The number of amides is 1. The van der Waals surface area contributed by atoms with Gasteiger partial charge in [-0.25, -0.2) is 0 Å². The van der Waals surface area contributed by atoms with E-state index in [9.17, 15) is 14.7 Å². The largest absolute Gasteiger partial charge is 0.490 e. The van der Waals surface area contributed by atoms with Crippen molar-refractivity contribution in [2.24, 2.45) is 41.4 Å². The summed E-state index contributed by atoms with van der Waals surface area (Å²) in [6.07, 6.45) is 8.76. The second-order valence-corrected chi connectivity index (χ2v) is 11.5. The van der Waals surface area contributed by atoms with Gasteiger partial charge < -0.3 is 19.9 Å². The maximum absolute atomic E-state index is 14.3. The van der Waals surface area contributed by atoms with Crippen LogP contribution in [0.2, 0.25) is 0 Å². The van der Waals surface area contributed by atoms with Crippen LogP contribution in [0.25, 0.3) is 0 Å². The lowest BCUT2D eigenvalue weighted by molar-refractivity contribution is -0.143. The number of rotatable bonds is 1. The average molecular weight is 462 g/mol. The molecule has 0 aromatic heterocycles. The number of ketones is 1. The van der Waals surface area contributed by atoms with Crippen molar-refractivity contribution >= 4 is 11.7 Å². The summed E-state index contributed by atoms with van der Waals surface area (Å²) in [5.74, 6) is 0.977. The van der Waals surface area contributed by atoms with Crippen LogP contribution in [0.4, 0.5) is 0 Å². The molecular formula is C28H31NO5. The monoisotopic (exact) mass is 461 g/mol. The second-order valence-electron chi connectivity index (χ2n) is 11.5. The molecule has 4 aliphatic heterocycles. The summed E-state index contributed by atoms with van der Waals surface area (Å²) >= 11 is 0. The van der Waals surface area contributed by atoms with Gasteiger partial charge in [0.25, 0.3) is 5.91 Å². The van der Waals surface area contributed by atoms with Crippen molar-refractivity contribution in [3.05, 3.63) is 54.6 Å². The summed E-state index contributed by atoms with van der Waals surface area (Å²) < 4.78 is 12.6. The fourth-order valence-electron chi connectivity index (χ4n) is 8.13. The molecule has 7 aliphatic rings. The molecule has 1 aromatic rings. The number of carbonyl (C=O) groups is 2. The van der Waals surface area contributed by atoms with Gasteiger partial charge in [-0.1, -0.05) is 43.7 Å². The van der Waals surface area contributed by atoms with Crippen LogP contribution in [0.15, 0.2) is 49.1 Å². The van der Waals surface area contributed by atoms with Gasteiger partial charge in [-0.3, -0.25) is 9.59 Å². The highest BCUT2D eigenvalue weighted by Crippen LogP contribution is 2.60. The number of ether oxygens (including phenoxy) is 2. The Labute approximate surface area is 199 Å². The van der Waals surface area contributed by atoms with Crippen molar-refractivity contribution in [2.75, 3.05) is 0 Å². The van der Waals surface area contributed by atoms with Gasteiger partial charge in [-0.15, -0.1) is 6.58 Å². The third-order valence-corrected chi connectivity index (χ3v) is 9.67. The van der Waals surface area contributed by atoms with Gasteiger partial charge in [0.1, 0.15) is 11.9 Å². The molecule has 4 heterocycles. The molecule has 6 heteroatoms. The van der Waals surface area contributed by atoms with Crippen molar-refractivity contribution in [3.63, 3.8) is 0 Å². The van der Waals surface area contributed by atoms with Crippen molar-refractivity contribution in [3.8, 4) is 5.75 Å². The topological polar surface area (TPSA) is 88.2 Å². The Kier molecular flexibility index (Phi) is 4.19. The van der Waals surface area contributed by atoms with E-state index in [1.54, 1.807) is 0 Å². The zero-order valence-corrected chi connectivity index (χ0v) is 19.4. The van der Waals surface area contributed by atoms with E-state index in [1.165, 1.54) is 0 Å². The first-order chi connectivity index (χ1) is 16.4. The second kappa shape index (κ2) is 6.82. The van der Waals surface area contributed by atoms with E-state index in [0.29, 0.717) is 17.8 Å². The van der Waals surface area contributed by atoms with E-state index in [-0.39, 0.29) is 36.1 Å². The van der Waals surface area contributed by atoms with Crippen molar-refractivity contribution in [2.45, 2.75) is 56.1 Å². The minimum Gasteiger partial charge on any atom is -0.490 e. The fraction of sp³-hybridized carbons (Fsp3) is 0.571. The van der Waals surface area contributed by atoms with Crippen molar-refractivity contribution < 1.29 is 24.2 Å². The number of hydrogen-bond donors (Lipinski definition) is 2. The Hall–Kier alpha value is -2.44.